The highest BCUT2D eigenvalue weighted by Gasteiger charge is 2.42. The van der Waals surface area contributed by atoms with Gasteiger partial charge in [-0.2, -0.15) is 13.2 Å². The van der Waals surface area contributed by atoms with Crippen LogP contribution in [-0.2, 0) is 4.79 Å². The van der Waals surface area contributed by atoms with Gasteiger partial charge in [0.15, 0.2) is 0 Å². The van der Waals surface area contributed by atoms with Gasteiger partial charge in [-0.1, -0.05) is 31.5 Å². The Balaban J connectivity index is 2.38. The lowest BCUT2D eigenvalue weighted by Gasteiger charge is -2.34. The van der Waals surface area contributed by atoms with Crippen LogP contribution in [0, 0.1) is 5.41 Å². The molecule has 0 unspecified atom stereocenters. The van der Waals surface area contributed by atoms with Gasteiger partial charge in [0, 0.05) is 13.0 Å². The zero-order valence-electron chi connectivity index (χ0n) is 11.4. The highest BCUT2D eigenvalue weighted by Crippen LogP contribution is 2.37. The maximum Gasteiger partial charge on any atom is 0.389 e. The molecule has 7 heteroatoms. The molecule has 0 radical (unpaired) electrons. The van der Waals surface area contributed by atoms with Gasteiger partial charge in [-0.25, -0.2) is 0 Å². The van der Waals surface area contributed by atoms with Crippen molar-refractivity contribution in [2.45, 2.75) is 57.5 Å². The zero-order valence-corrected chi connectivity index (χ0v) is 12.2. The molecule has 0 atom stereocenters. The van der Waals surface area contributed by atoms with Crippen molar-refractivity contribution in [3.8, 4) is 0 Å². The number of halogens is 3. The Morgan fingerprint density at radius 3 is 2.30 bits per heavy atom. The molecule has 0 aliphatic heterocycles. The van der Waals surface area contributed by atoms with Crippen LogP contribution < -0.4 is 11.1 Å². The molecule has 1 fully saturated rings. The molecule has 0 spiro atoms. The molecule has 20 heavy (non-hydrogen) atoms. The zero-order chi connectivity index (χ0) is 15.2. The van der Waals surface area contributed by atoms with E-state index in [2.05, 4.69) is 5.32 Å². The van der Waals surface area contributed by atoms with Crippen LogP contribution in [0.1, 0.15) is 51.4 Å². The van der Waals surface area contributed by atoms with Gasteiger partial charge < -0.3 is 11.1 Å². The Bertz CT molecular complexity index is 352. The average molecular weight is 310 g/mol. The molecule has 0 aromatic rings. The first-order valence-electron chi connectivity index (χ1n) is 6.93. The Kier molecular flexibility index (Phi) is 6.23. The van der Waals surface area contributed by atoms with Gasteiger partial charge in [-0.3, -0.25) is 4.79 Å². The summed E-state index contributed by atoms with van der Waals surface area (Å²) in [4.78, 5) is 12.4. The van der Waals surface area contributed by atoms with Crippen molar-refractivity contribution in [1.29, 1.82) is 0 Å². The van der Waals surface area contributed by atoms with Gasteiger partial charge in [-0.15, -0.1) is 0 Å². The Morgan fingerprint density at radius 1 is 1.20 bits per heavy atom. The molecular weight excluding hydrogens is 289 g/mol. The van der Waals surface area contributed by atoms with E-state index in [1.807, 2.05) is 0 Å². The molecule has 0 saturated heterocycles. The van der Waals surface area contributed by atoms with Gasteiger partial charge in [0.05, 0.1) is 10.4 Å². The van der Waals surface area contributed by atoms with E-state index in [0.29, 0.717) is 19.3 Å². The quantitative estimate of drug-likeness (QED) is 0.585. The van der Waals surface area contributed by atoms with Gasteiger partial charge in [0.2, 0.25) is 5.91 Å². The van der Waals surface area contributed by atoms with Crippen LogP contribution in [-0.4, -0.2) is 23.6 Å². The molecule has 1 aliphatic carbocycles. The SMILES string of the molecule is NC(=S)C1(C(=O)NCCCCC(F)(F)F)CCCCC1. The van der Waals surface area contributed by atoms with Gasteiger partial charge in [0.25, 0.3) is 0 Å². The smallest absolute Gasteiger partial charge is 0.389 e. The normalized spacial score (nSPS) is 18.6. The fourth-order valence-corrected chi connectivity index (χ4v) is 2.86. The molecule has 0 bridgehead atoms. The molecule has 0 heterocycles. The topological polar surface area (TPSA) is 55.1 Å². The number of carbonyl (C=O) groups excluding carboxylic acids is 1. The summed E-state index contributed by atoms with van der Waals surface area (Å²) in [6.07, 6.45) is -0.492. The van der Waals surface area contributed by atoms with Crippen LogP contribution in [0.15, 0.2) is 0 Å². The van der Waals surface area contributed by atoms with E-state index < -0.39 is 18.0 Å². The van der Waals surface area contributed by atoms with Crippen LogP contribution >= 0.6 is 12.2 Å². The largest absolute Gasteiger partial charge is 0.392 e. The number of nitrogens with two attached hydrogens (primary N) is 1. The summed E-state index contributed by atoms with van der Waals surface area (Å²) in [6, 6.07) is 0. The Hall–Kier alpha value is -0.850. The van der Waals surface area contributed by atoms with Crippen molar-refractivity contribution in [1.82, 2.24) is 5.32 Å². The monoisotopic (exact) mass is 310 g/mol. The van der Waals surface area contributed by atoms with Crippen molar-refractivity contribution in [3.05, 3.63) is 0 Å². The van der Waals surface area contributed by atoms with Gasteiger partial charge in [0.1, 0.15) is 0 Å². The second-order valence-corrected chi connectivity index (χ2v) is 5.78. The van der Waals surface area contributed by atoms with Crippen LogP contribution in [0.3, 0.4) is 0 Å². The molecule has 0 aromatic carbocycles. The summed E-state index contributed by atoms with van der Waals surface area (Å²) in [5.41, 5.74) is 4.92. The van der Waals surface area contributed by atoms with Gasteiger partial charge in [-0.05, 0) is 25.7 Å². The van der Waals surface area contributed by atoms with Crippen LogP contribution in [0.2, 0.25) is 0 Å². The number of thiocarbonyl (C=S) groups is 1. The fraction of sp³-hybridized carbons (Fsp3) is 0.846. The summed E-state index contributed by atoms with van der Waals surface area (Å²) in [5.74, 6) is -0.225. The number of carbonyl (C=O) groups is 1. The van der Waals surface area contributed by atoms with E-state index in [0.717, 1.165) is 19.3 Å². The van der Waals surface area contributed by atoms with Crippen molar-refractivity contribution >= 4 is 23.1 Å². The van der Waals surface area contributed by atoms with E-state index in [4.69, 9.17) is 18.0 Å². The number of alkyl halides is 3. The summed E-state index contributed by atoms with van der Waals surface area (Å²) in [5, 5.41) is 2.69. The average Bonchev–Trinajstić information content (AvgIpc) is 2.37. The molecule has 3 N–H and O–H groups in total. The number of amides is 1. The van der Waals surface area contributed by atoms with Crippen molar-refractivity contribution in [3.63, 3.8) is 0 Å². The lowest BCUT2D eigenvalue weighted by atomic mass is 9.73. The molecule has 1 saturated carbocycles. The first-order chi connectivity index (χ1) is 9.28. The predicted molar refractivity (Wildman–Crippen MR) is 75.2 cm³/mol. The number of unbranched alkanes of at least 4 members (excludes halogenated alkanes) is 1. The standard InChI is InChI=1S/C13H21F3N2OS/c14-13(15,16)8-4-5-9-18-11(19)12(10(17)20)6-2-1-3-7-12/h1-9H2,(H2,17,20)(H,18,19). The van der Waals surface area contributed by atoms with Crippen LogP contribution in [0.4, 0.5) is 13.2 Å². The van der Waals surface area contributed by atoms with E-state index >= 15 is 0 Å². The van der Waals surface area contributed by atoms with Crippen molar-refractivity contribution in [2.24, 2.45) is 11.1 Å². The lowest BCUT2D eigenvalue weighted by Crippen LogP contribution is -2.50. The predicted octanol–water partition coefficient (Wildman–Crippen LogP) is 3.07. The van der Waals surface area contributed by atoms with Crippen molar-refractivity contribution in [2.75, 3.05) is 6.54 Å². The third-order valence-electron chi connectivity index (χ3n) is 3.79. The number of nitrogens with one attached hydrogen (secondary N) is 1. The Labute approximate surface area is 122 Å². The molecule has 0 aromatic heterocycles. The molecule has 1 rings (SSSR count). The minimum absolute atomic E-state index is 0.0177. The van der Waals surface area contributed by atoms with Crippen LogP contribution in [0.25, 0.3) is 0 Å². The molecule has 1 amide bonds. The summed E-state index contributed by atoms with van der Waals surface area (Å²) in [6.45, 7) is 0.235. The number of rotatable bonds is 6. The highest BCUT2D eigenvalue weighted by atomic mass is 32.1. The molecule has 116 valence electrons. The first-order valence-corrected chi connectivity index (χ1v) is 7.34. The highest BCUT2D eigenvalue weighted by molar-refractivity contribution is 7.80. The summed E-state index contributed by atoms with van der Waals surface area (Å²) < 4.78 is 35.9. The van der Waals surface area contributed by atoms with Gasteiger partial charge >= 0.3 is 6.18 Å². The maximum atomic E-state index is 12.2. The fourth-order valence-electron chi connectivity index (χ4n) is 2.56. The molecular formula is C13H21F3N2OS. The molecule has 1 aliphatic rings. The van der Waals surface area contributed by atoms with E-state index in [-0.39, 0.29) is 23.9 Å². The third-order valence-corrected chi connectivity index (χ3v) is 4.18. The van der Waals surface area contributed by atoms with E-state index in [9.17, 15) is 18.0 Å². The van der Waals surface area contributed by atoms with Crippen molar-refractivity contribution < 1.29 is 18.0 Å². The van der Waals surface area contributed by atoms with E-state index in [1.54, 1.807) is 0 Å². The maximum absolute atomic E-state index is 12.2. The number of hydrogen-bond acceptors (Lipinski definition) is 2. The minimum atomic E-state index is -4.13. The third kappa shape index (κ3) is 4.92. The molecule has 3 nitrogen and oxygen atoms in total. The minimum Gasteiger partial charge on any atom is -0.392 e. The van der Waals surface area contributed by atoms with E-state index in [1.165, 1.54) is 0 Å². The second-order valence-electron chi connectivity index (χ2n) is 5.34. The van der Waals surface area contributed by atoms with Crippen LogP contribution in [0.5, 0.6) is 0 Å². The lowest BCUT2D eigenvalue weighted by molar-refractivity contribution is -0.135. The summed E-state index contributed by atoms with van der Waals surface area (Å²) in [7, 11) is 0. The number of hydrogen-bond donors (Lipinski definition) is 2. The summed E-state index contributed by atoms with van der Waals surface area (Å²) >= 11 is 5.02. The first kappa shape index (κ1) is 17.2. The Morgan fingerprint density at radius 2 is 1.80 bits per heavy atom. The second kappa shape index (κ2) is 7.24.